The molecule has 18 heavy (non-hydrogen) atoms. The molecule has 7 heteroatoms. The fourth-order valence-corrected chi connectivity index (χ4v) is 1.46. The first kappa shape index (κ1) is 14.4. The fourth-order valence-electron chi connectivity index (χ4n) is 1.46. The van der Waals surface area contributed by atoms with Crippen molar-refractivity contribution in [2.75, 3.05) is 39.3 Å². The van der Waals surface area contributed by atoms with Crippen LogP contribution in [0.1, 0.15) is 13.8 Å². The Bertz CT molecular complexity index is 375. The molecule has 1 aromatic rings. The molecule has 0 aromatic carbocycles. The predicted octanol–water partition coefficient (Wildman–Crippen LogP) is 0.310. The smallest absolute Gasteiger partial charge is 0.324 e. The van der Waals surface area contributed by atoms with Gasteiger partial charge in [-0.25, -0.2) is 0 Å². The molecule has 0 saturated carbocycles. The number of rotatable bonds is 6. The second kappa shape index (κ2) is 5.81. The third kappa shape index (κ3) is 3.69. The van der Waals surface area contributed by atoms with Gasteiger partial charge in [0.15, 0.2) is 0 Å². The van der Waals surface area contributed by atoms with E-state index < -0.39 is 0 Å². The minimum atomic E-state index is -0.0259. The zero-order valence-corrected chi connectivity index (χ0v) is 11.6. The predicted molar refractivity (Wildman–Crippen MR) is 69.0 cm³/mol. The highest BCUT2D eigenvalue weighted by atomic mass is 16.5. The lowest BCUT2D eigenvalue weighted by atomic mass is 9.93. The molecule has 0 radical (unpaired) electrons. The first-order valence-corrected chi connectivity index (χ1v) is 5.67. The summed E-state index contributed by atoms with van der Waals surface area (Å²) in [4.78, 5) is 14.2. The van der Waals surface area contributed by atoms with Gasteiger partial charge >= 0.3 is 12.0 Å². The molecule has 102 valence electrons. The van der Waals surface area contributed by atoms with E-state index in [1.165, 1.54) is 14.2 Å². The molecule has 1 aromatic heterocycles. The van der Waals surface area contributed by atoms with Crippen LogP contribution in [0.15, 0.2) is 0 Å². The first-order valence-electron chi connectivity index (χ1n) is 5.67. The second-order valence-corrected chi connectivity index (χ2v) is 4.83. The molecule has 0 unspecified atom stereocenters. The lowest BCUT2D eigenvalue weighted by Crippen LogP contribution is -2.37. The van der Waals surface area contributed by atoms with Gasteiger partial charge in [-0.15, -0.1) is 4.98 Å². The maximum atomic E-state index is 5.72. The SMILES string of the molecule is COc1nc(OC)nc(N(C)CC(C)(C)CN)n1. The number of anilines is 1. The van der Waals surface area contributed by atoms with Gasteiger partial charge in [0.25, 0.3) is 0 Å². The van der Waals surface area contributed by atoms with Crippen LogP contribution in [-0.4, -0.2) is 49.3 Å². The highest BCUT2D eigenvalue weighted by Crippen LogP contribution is 2.20. The van der Waals surface area contributed by atoms with E-state index in [0.717, 1.165) is 6.54 Å². The monoisotopic (exact) mass is 255 g/mol. The number of ether oxygens (including phenoxy) is 2. The summed E-state index contributed by atoms with van der Waals surface area (Å²) in [5, 5.41) is 0. The van der Waals surface area contributed by atoms with Crippen molar-refractivity contribution in [2.45, 2.75) is 13.8 Å². The number of nitrogens with zero attached hydrogens (tertiary/aromatic N) is 4. The largest absolute Gasteiger partial charge is 0.467 e. The Hall–Kier alpha value is -1.63. The third-order valence-corrected chi connectivity index (χ3v) is 2.51. The van der Waals surface area contributed by atoms with E-state index in [-0.39, 0.29) is 17.4 Å². The Kier molecular flexibility index (Phi) is 4.66. The normalized spacial score (nSPS) is 11.2. The minimum absolute atomic E-state index is 0.0259. The zero-order valence-electron chi connectivity index (χ0n) is 11.6. The van der Waals surface area contributed by atoms with Crippen molar-refractivity contribution in [3.8, 4) is 12.0 Å². The number of hydrogen-bond acceptors (Lipinski definition) is 7. The van der Waals surface area contributed by atoms with Crippen molar-refractivity contribution < 1.29 is 9.47 Å². The van der Waals surface area contributed by atoms with Crippen molar-refractivity contribution in [3.63, 3.8) is 0 Å². The molecule has 1 rings (SSSR count). The first-order chi connectivity index (χ1) is 8.41. The number of hydrogen-bond donors (Lipinski definition) is 1. The van der Waals surface area contributed by atoms with E-state index in [9.17, 15) is 0 Å². The lowest BCUT2D eigenvalue weighted by Gasteiger charge is -2.28. The van der Waals surface area contributed by atoms with E-state index in [0.29, 0.717) is 12.5 Å². The highest BCUT2D eigenvalue weighted by molar-refractivity contribution is 5.31. The van der Waals surface area contributed by atoms with E-state index in [1.807, 2.05) is 11.9 Å². The maximum absolute atomic E-state index is 5.72. The van der Waals surface area contributed by atoms with Gasteiger partial charge in [-0.2, -0.15) is 9.97 Å². The molecule has 0 fully saturated rings. The van der Waals surface area contributed by atoms with Gasteiger partial charge in [0.05, 0.1) is 14.2 Å². The van der Waals surface area contributed by atoms with Crippen molar-refractivity contribution in [2.24, 2.45) is 11.1 Å². The van der Waals surface area contributed by atoms with Crippen LogP contribution >= 0.6 is 0 Å². The Labute approximate surface area is 107 Å². The van der Waals surface area contributed by atoms with Crippen LogP contribution in [0.25, 0.3) is 0 Å². The average Bonchev–Trinajstić information content (AvgIpc) is 2.37. The second-order valence-electron chi connectivity index (χ2n) is 4.83. The van der Waals surface area contributed by atoms with Crippen LogP contribution in [0.5, 0.6) is 12.0 Å². The third-order valence-electron chi connectivity index (χ3n) is 2.51. The summed E-state index contributed by atoms with van der Waals surface area (Å²) >= 11 is 0. The highest BCUT2D eigenvalue weighted by Gasteiger charge is 2.20. The minimum Gasteiger partial charge on any atom is -0.467 e. The molecule has 0 saturated heterocycles. The quantitative estimate of drug-likeness (QED) is 0.782. The molecule has 1 heterocycles. The molecule has 2 N–H and O–H groups in total. The van der Waals surface area contributed by atoms with Crippen molar-refractivity contribution in [1.82, 2.24) is 15.0 Å². The molecule has 0 bridgehead atoms. The number of aromatic nitrogens is 3. The van der Waals surface area contributed by atoms with Crippen molar-refractivity contribution in [3.05, 3.63) is 0 Å². The summed E-state index contributed by atoms with van der Waals surface area (Å²) in [7, 11) is 4.90. The van der Waals surface area contributed by atoms with Gasteiger partial charge in [0.1, 0.15) is 0 Å². The summed E-state index contributed by atoms with van der Waals surface area (Å²) in [5.41, 5.74) is 5.69. The molecule has 0 atom stereocenters. The number of methoxy groups -OCH3 is 2. The van der Waals surface area contributed by atoms with Crippen LogP contribution < -0.4 is 20.1 Å². The Morgan fingerprint density at radius 2 is 1.61 bits per heavy atom. The lowest BCUT2D eigenvalue weighted by molar-refractivity contribution is 0.337. The van der Waals surface area contributed by atoms with E-state index in [4.69, 9.17) is 15.2 Å². The number of nitrogens with two attached hydrogens (primary N) is 1. The van der Waals surface area contributed by atoms with E-state index in [2.05, 4.69) is 28.8 Å². The van der Waals surface area contributed by atoms with Gasteiger partial charge in [-0.05, 0) is 12.0 Å². The summed E-state index contributed by atoms with van der Waals surface area (Å²) in [6.45, 7) is 5.47. The van der Waals surface area contributed by atoms with E-state index >= 15 is 0 Å². The average molecular weight is 255 g/mol. The molecule has 0 spiro atoms. The van der Waals surface area contributed by atoms with Crippen molar-refractivity contribution >= 4 is 5.95 Å². The molecule has 0 aliphatic carbocycles. The Balaban J connectivity index is 2.94. The zero-order chi connectivity index (χ0) is 13.8. The van der Waals surface area contributed by atoms with Gasteiger partial charge in [0, 0.05) is 13.6 Å². The summed E-state index contributed by atoms with van der Waals surface area (Å²) in [5.74, 6) is 0.500. The van der Waals surface area contributed by atoms with Crippen LogP contribution in [0.3, 0.4) is 0 Å². The molecule has 0 aliphatic rings. The van der Waals surface area contributed by atoms with Gasteiger partial charge in [0.2, 0.25) is 5.95 Å². The molecule has 0 aliphatic heterocycles. The molecule has 7 nitrogen and oxygen atoms in total. The standard InChI is InChI=1S/C11H21N5O2/c1-11(2,6-12)7-16(3)8-13-9(17-4)15-10(14-8)18-5/h6-7,12H2,1-5H3. The summed E-state index contributed by atoms with van der Waals surface area (Å²) < 4.78 is 10.0. The topological polar surface area (TPSA) is 86.4 Å². The Morgan fingerprint density at radius 1 is 1.11 bits per heavy atom. The fraction of sp³-hybridized carbons (Fsp3) is 0.727. The molecule has 0 amide bonds. The van der Waals surface area contributed by atoms with Gasteiger partial charge in [-0.3, -0.25) is 0 Å². The van der Waals surface area contributed by atoms with E-state index in [1.54, 1.807) is 0 Å². The van der Waals surface area contributed by atoms with Crippen LogP contribution in [0.4, 0.5) is 5.95 Å². The van der Waals surface area contributed by atoms with Crippen molar-refractivity contribution in [1.29, 1.82) is 0 Å². The van der Waals surface area contributed by atoms with Crippen LogP contribution in [-0.2, 0) is 0 Å². The molecular weight excluding hydrogens is 234 g/mol. The van der Waals surface area contributed by atoms with Gasteiger partial charge < -0.3 is 20.1 Å². The summed E-state index contributed by atoms with van der Waals surface area (Å²) in [6, 6.07) is 0.462. The maximum Gasteiger partial charge on any atom is 0.324 e. The molecular formula is C11H21N5O2. The van der Waals surface area contributed by atoms with Crippen LogP contribution in [0, 0.1) is 5.41 Å². The van der Waals surface area contributed by atoms with Gasteiger partial charge in [-0.1, -0.05) is 13.8 Å². The summed E-state index contributed by atoms with van der Waals surface area (Å²) in [6.07, 6.45) is 0. The Morgan fingerprint density at radius 3 is 2.00 bits per heavy atom. The van der Waals surface area contributed by atoms with Crippen LogP contribution in [0.2, 0.25) is 0 Å².